The maximum Gasteiger partial charge on any atom is 0.296 e. The minimum absolute atomic E-state index is 0.222. The molecule has 3 aromatic rings. The molecule has 0 bridgehead atoms. The van der Waals surface area contributed by atoms with Crippen LogP contribution in [0.2, 0.25) is 0 Å². The van der Waals surface area contributed by atoms with E-state index in [0.717, 1.165) is 42.1 Å². The summed E-state index contributed by atoms with van der Waals surface area (Å²) in [6.07, 6.45) is 1.80. The van der Waals surface area contributed by atoms with E-state index in [1.54, 1.807) is 35.6 Å². The summed E-state index contributed by atoms with van der Waals surface area (Å²) in [5.41, 5.74) is 2.06. The van der Waals surface area contributed by atoms with Gasteiger partial charge in [-0.3, -0.25) is 4.18 Å². The summed E-state index contributed by atoms with van der Waals surface area (Å²) in [4.78, 5) is 7.22. The lowest BCUT2D eigenvalue weighted by molar-refractivity contribution is 0.228. The van der Waals surface area contributed by atoms with Crippen LogP contribution in [0.25, 0.3) is 10.2 Å². The number of rotatable bonds is 5. The van der Waals surface area contributed by atoms with Crippen LogP contribution in [0.15, 0.2) is 53.4 Å². The number of nitrogens with zero attached hydrogens (tertiary/aromatic N) is 2. The van der Waals surface area contributed by atoms with Gasteiger partial charge in [0.1, 0.15) is 0 Å². The molecule has 1 saturated heterocycles. The van der Waals surface area contributed by atoms with Crippen molar-refractivity contribution in [1.82, 2.24) is 4.98 Å². The van der Waals surface area contributed by atoms with Gasteiger partial charge in [-0.05, 0) is 49.9 Å². The lowest BCUT2D eigenvalue weighted by atomic mass is 9.98. The van der Waals surface area contributed by atoms with E-state index in [2.05, 4.69) is 11.0 Å². The maximum absolute atomic E-state index is 12.3. The highest BCUT2D eigenvalue weighted by Crippen LogP contribution is 2.31. The second kappa shape index (κ2) is 7.58. The molecule has 0 N–H and O–H groups in total. The van der Waals surface area contributed by atoms with Crippen LogP contribution < -0.4 is 4.90 Å². The molecule has 0 spiro atoms. The van der Waals surface area contributed by atoms with Crippen LogP contribution in [0.1, 0.15) is 18.4 Å². The Morgan fingerprint density at radius 2 is 1.81 bits per heavy atom. The summed E-state index contributed by atoms with van der Waals surface area (Å²) in [7, 11) is -3.68. The quantitative estimate of drug-likeness (QED) is 0.598. The standard InChI is InChI=1S/C20H22N2O3S2/c1-15-6-8-17(9-7-15)27(23,24)25-14-16-10-12-22(13-11-16)20-21-18-4-2-3-5-19(18)26-20/h2-9,16H,10-14H2,1H3. The number of fused-ring (bicyclic) bond motifs is 1. The van der Waals surface area contributed by atoms with Crippen molar-refractivity contribution >= 4 is 36.8 Å². The summed E-state index contributed by atoms with van der Waals surface area (Å²) in [6.45, 7) is 3.91. The first-order chi connectivity index (χ1) is 13.0. The lowest BCUT2D eigenvalue weighted by Crippen LogP contribution is -2.35. The van der Waals surface area contributed by atoms with Crippen molar-refractivity contribution in [3.8, 4) is 0 Å². The summed E-state index contributed by atoms with van der Waals surface area (Å²) in [5, 5.41) is 1.04. The number of hydrogen-bond acceptors (Lipinski definition) is 6. The van der Waals surface area contributed by atoms with Gasteiger partial charge < -0.3 is 4.90 Å². The van der Waals surface area contributed by atoms with Crippen LogP contribution in [-0.2, 0) is 14.3 Å². The molecule has 142 valence electrons. The fourth-order valence-corrected chi connectivity index (χ4v) is 5.24. The second-order valence-corrected chi connectivity index (χ2v) is 9.57. The van der Waals surface area contributed by atoms with E-state index in [0.29, 0.717) is 0 Å². The Morgan fingerprint density at radius 1 is 1.11 bits per heavy atom. The number of benzene rings is 2. The van der Waals surface area contributed by atoms with Crippen molar-refractivity contribution in [1.29, 1.82) is 0 Å². The minimum atomic E-state index is -3.68. The minimum Gasteiger partial charge on any atom is -0.348 e. The smallest absolute Gasteiger partial charge is 0.296 e. The molecular weight excluding hydrogens is 380 g/mol. The maximum atomic E-state index is 12.3. The molecule has 0 aliphatic carbocycles. The van der Waals surface area contributed by atoms with Gasteiger partial charge in [-0.2, -0.15) is 8.42 Å². The highest BCUT2D eigenvalue weighted by Gasteiger charge is 2.24. The Labute approximate surface area is 163 Å². The number of para-hydroxylation sites is 1. The molecule has 2 heterocycles. The van der Waals surface area contributed by atoms with Gasteiger partial charge in [-0.1, -0.05) is 41.2 Å². The molecule has 0 amide bonds. The van der Waals surface area contributed by atoms with Crippen molar-refractivity contribution in [3.63, 3.8) is 0 Å². The Balaban J connectivity index is 1.33. The third-order valence-corrected chi connectivity index (χ3v) is 7.33. The van der Waals surface area contributed by atoms with E-state index in [4.69, 9.17) is 9.17 Å². The number of thiazole rings is 1. The normalized spacial score (nSPS) is 16.1. The van der Waals surface area contributed by atoms with E-state index in [1.165, 1.54) is 4.70 Å². The van der Waals surface area contributed by atoms with Gasteiger partial charge in [0.15, 0.2) is 5.13 Å². The molecular formula is C20H22N2O3S2. The zero-order valence-electron chi connectivity index (χ0n) is 15.2. The van der Waals surface area contributed by atoms with E-state index < -0.39 is 10.1 Å². The largest absolute Gasteiger partial charge is 0.348 e. The van der Waals surface area contributed by atoms with Crippen LogP contribution in [0.5, 0.6) is 0 Å². The van der Waals surface area contributed by atoms with Crippen molar-refractivity contribution < 1.29 is 12.6 Å². The number of aromatic nitrogens is 1. The van der Waals surface area contributed by atoms with Crippen molar-refractivity contribution in [3.05, 3.63) is 54.1 Å². The molecule has 2 aromatic carbocycles. The van der Waals surface area contributed by atoms with E-state index in [1.807, 2.05) is 25.1 Å². The molecule has 1 aromatic heterocycles. The van der Waals surface area contributed by atoms with E-state index in [9.17, 15) is 8.42 Å². The van der Waals surface area contributed by atoms with Crippen LogP contribution in [-0.4, -0.2) is 33.1 Å². The Bertz CT molecular complexity index is 988. The molecule has 1 aliphatic rings. The van der Waals surface area contributed by atoms with Gasteiger partial charge in [0.25, 0.3) is 10.1 Å². The molecule has 0 radical (unpaired) electrons. The highest BCUT2D eigenvalue weighted by atomic mass is 32.2. The predicted molar refractivity (Wildman–Crippen MR) is 109 cm³/mol. The monoisotopic (exact) mass is 402 g/mol. The first-order valence-electron chi connectivity index (χ1n) is 9.08. The number of anilines is 1. The van der Waals surface area contributed by atoms with Crippen molar-refractivity contribution in [2.75, 3.05) is 24.6 Å². The predicted octanol–water partition coefficient (Wildman–Crippen LogP) is 4.23. The average molecular weight is 403 g/mol. The summed E-state index contributed by atoms with van der Waals surface area (Å²) < 4.78 is 31.2. The summed E-state index contributed by atoms with van der Waals surface area (Å²) in [5.74, 6) is 0.246. The summed E-state index contributed by atoms with van der Waals surface area (Å²) in [6, 6.07) is 14.9. The van der Waals surface area contributed by atoms with Crippen LogP contribution in [0.4, 0.5) is 5.13 Å². The van der Waals surface area contributed by atoms with Crippen LogP contribution in [0, 0.1) is 12.8 Å². The SMILES string of the molecule is Cc1ccc(S(=O)(=O)OCC2CCN(c3nc4ccccc4s3)CC2)cc1. The Kier molecular flexibility index (Phi) is 5.16. The van der Waals surface area contributed by atoms with Gasteiger partial charge in [-0.25, -0.2) is 4.98 Å². The topological polar surface area (TPSA) is 59.5 Å². The van der Waals surface area contributed by atoms with Gasteiger partial charge in [0.2, 0.25) is 0 Å². The third-order valence-electron chi connectivity index (χ3n) is 4.94. The molecule has 0 atom stereocenters. The second-order valence-electron chi connectivity index (χ2n) is 6.95. The molecule has 0 unspecified atom stereocenters. The van der Waals surface area contributed by atoms with Crippen molar-refractivity contribution in [2.24, 2.45) is 5.92 Å². The Hall–Kier alpha value is -1.96. The van der Waals surface area contributed by atoms with Gasteiger partial charge in [0.05, 0.1) is 21.7 Å². The molecule has 1 fully saturated rings. The number of hydrogen-bond donors (Lipinski definition) is 0. The number of piperidine rings is 1. The van der Waals surface area contributed by atoms with E-state index in [-0.39, 0.29) is 17.4 Å². The molecule has 1 aliphatic heterocycles. The molecule has 5 nitrogen and oxygen atoms in total. The Morgan fingerprint density at radius 3 is 2.52 bits per heavy atom. The van der Waals surface area contributed by atoms with Gasteiger partial charge >= 0.3 is 0 Å². The first-order valence-corrected chi connectivity index (χ1v) is 11.3. The number of aryl methyl sites for hydroxylation is 1. The summed E-state index contributed by atoms with van der Waals surface area (Å²) >= 11 is 1.71. The fourth-order valence-electron chi connectivity index (χ4n) is 3.25. The molecule has 7 heteroatoms. The first kappa shape index (κ1) is 18.4. The fraction of sp³-hybridized carbons (Fsp3) is 0.350. The van der Waals surface area contributed by atoms with Gasteiger partial charge in [-0.15, -0.1) is 0 Å². The molecule has 0 saturated carbocycles. The lowest BCUT2D eigenvalue weighted by Gasteiger charge is -2.31. The zero-order valence-corrected chi connectivity index (χ0v) is 16.8. The van der Waals surface area contributed by atoms with Crippen molar-refractivity contribution in [2.45, 2.75) is 24.7 Å². The van der Waals surface area contributed by atoms with Gasteiger partial charge in [0, 0.05) is 13.1 Å². The van der Waals surface area contributed by atoms with Crippen LogP contribution in [0.3, 0.4) is 0 Å². The zero-order chi connectivity index (χ0) is 18.9. The highest BCUT2D eigenvalue weighted by molar-refractivity contribution is 7.86. The van der Waals surface area contributed by atoms with E-state index >= 15 is 0 Å². The molecule has 27 heavy (non-hydrogen) atoms. The average Bonchev–Trinajstić information content (AvgIpc) is 3.11. The third kappa shape index (κ3) is 4.15. The van der Waals surface area contributed by atoms with Crippen LogP contribution >= 0.6 is 11.3 Å². The molecule has 4 rings (SSSR count).